The van der Waals surface area contributed by atoms with Crippen LogP contribution in [0.4, 0.5) is 10.5 Å². The fraction of sp³-hybridized carbons (Fsp3) is 0.364. The van der Waals surface area contributed by atoms with Gasteiger partial charge in [-0.2, -0.15) is 0 Å². The third-order valence-corrected chi connectivity index (χ3v) is 3.00. The van der Waals surface area contributed by atoms with Crippen molar-refractivity contribution in [1.82, 2.24) is 4.90 Å². The van der Waals surface area contributed by atoms with Crippen LogP contribution < -0.4 is 0 Å². The molecule has 0 spiro atoms. The second kappa shape index (κ2) is 4.40. The van der Waals surface area contributed by atoms with E-state index in [4.69, 9.17) is 5.11 Å². The summed E-state index contributed by atoms with van der Waals surface area (Å²) in [5.41, 5.74) is 1.64. The topological polar surface area (TPSA) is 83.7 Å². The maximum atomic E-state index is 10.9. The van der Waals surface area contributed by atoms with E-state index in [-0.39, 0.29) is 5.69 Å². The van der Waals surface area contributed by atoms with E-state index in [9.17, 15) is 14.9 Å². The highest BCUT2D eigenvalue weighted by Crippen LogP contribution is 2.25. The standard InChI is InChI=1S/C11H12N2O4/c14-11(15)12-6-4-8-2-1-3-10(13(16)17)9(8)5-7-12/h1-3H,4-7H2,(H,14,15). The average Bonchev–Trinajstić information content (AvgIpc) is 2.50. The molecule has 0 aromatic heterocycles. The van der Waals surface area contributed by atoms with Crippen LogP contribution in [-0.2, 0) is 12.8 Å². The van der Waals surface area contributed by atoms with Crippen molar-refractivity contribution in [2.45, 2.75) is 12.8 Å². The molecular formula is C11H12N2O4. The molecule has 1 N–H and O–H groups in total. The monoisotopic (exact) mass is 236 g/mol. The molecule has 0 bridgehead atoms. The summed E-state index contributed by atoms with van der Waals surface area (Å²) in [5, 5.41) is 19.8. The lowest BCUT2D eigenvalue weighted by Gasteiger charge is -2.14. The fourth-order valence-electron chi connectivity index (χ4n) is 2.12. The molecule has 1 amide bonds. The second-order valence-electron chi connectivity index (χ2n) is 3.94. The molecule has 6 nitrogen and oxygen atoms in total. The number of hydrogen-bond acceptors (Lipinski definition) is 3. The number of fused-ring (bicyclic) bond motifs is 1. The van der Waals surface area contributed by atoms with E-state index in [2.05, 4.69) is 0 Å². The lowest BCUT2D eigenvalue weighted by atomic mass is 10.0. The molecule has 1 aromatic carbocycles. The molecular weight excluding hydrogens is 224 g/mol. The number of nitro groups is 1. The van der Waals surface area contributed by atoms with Crippen molar-refractivity contribution in [3.8, 4) is 0 Å². The lowest BCUT2D eigenvalue weighted by Crippen LogP contribution is -2.31. The Morgan fingerprint density at radius 1 is 1.35 bits per heavy atom. The molecule has 0 fully saturated rings. The summed E-state index contributed by atoms with van der Waals surface area (Å²) in [6.07, 6.45) is -0.0392. The number of amides is 1. The van der Waals surface area contributed by atoms with Crippen molar-refractivity contribution in [3.05, 3.63) is 39.4 Å². The minimum Gasteiger partial charge on any atom is -0.465 e. The molecule has 0 saturated carbocycles. The Balaban J connectivity index is 2.33. The number of rotatable bonds is 1. The van der Waals surface area contributed by atoms with E-state index in [1.54, 1.807) is 6.07 Å². The summed E-state index contributed by atoms with van der Waals surface area (Å²) in [6.45, 7) is 0.705. The van der Waals surface area contributed by atoms with Crippen molar-refractivity contribution in [2.75, 3.05) is 13.1 Å². The second-order valence-corrected chi connectivity index (χ2v) is 3.94. The number of carbonyl (C=O) groups is 1. The molecule has 2 rings (SSSR count). The van der Waals surface area contributed by atoms with Crippen LogP contribution in [0.2, 0.25) is 0 Å². The van der Waals surface area contributed by atoms with E-state index >= 15 is 0 Å². The summed E-state index contributed by atoms with van der Waals surface area (Å²) in [5.74, 6) is 0. The van der Waals surface area contributed by atoms with Gasteiger partial charge in [-0.3, -0.25) is 10.1 Å². The summed E-state index contributed by atoms with van der Waals surface area (Å²) in [4.78, 5) is 22.6. The molecule has 1 aliphatic rings. The molecule has 90 valence electrons. The Morgan fingerprint density at radius 3 is 2.71 bits per heavy atom. The van der Waals surface area contributed by atoms with Gasteiger partial charge in [-0.25, -0.2) is 4.79 Å². The molecule has 1 aromatic rings. The number of benzene rings is 1. The van der Waals surface area contributed by atoms with Gasteiger partial charge in [-0.15, -0.1) is 0 Å². The van der Waals surface area contributed by atoms with E-state index in [0.29, 0.717) is 31.5 Å². The van der Waals surface area contributed by atoms with Gasteiger partial charge in [0.05, 0.1) is 4.92 Å². The smallest absolute Gasteiger partial charge is 0.407 e. The van der Waals surface area contributed by atoms with Crippen LogP contribution in [0.25, 0.3) is 0 Å². The van der Waals surface area contributed by atoms with Crippen LogP contribution in [0, 0.1) is 10.1 Å². The van der Waals surface area contributed by atoms with Crippen molar-refractivity contribution in [1.29, 1.82) is 0 Å². The Labute approximate surface area is 97.6 Å². The summed E-state index contributed by atoms with van der Waals surface area (Å²) >= 11 is 0. The molecule has 0 unspecified atom stereocenters. The fourth-order valence-corrected chi connectivity index (χ4v) is 2.12. The molecule has 0 saturated heterocycles. The highest BCUT2D eigenvalue weighted by Gasteiger charge is 2.23. The first-order valence-electron chi connectivity index (χ1n) is 5.32. The number of carboxylic acid groups (broad SMARTS) is 1. The molecule has 0 atom stereocenters. The van der Waals surface area contributed by atoms with Crippen LogP contribution in [0.5, 0.6) is 0 Å². The molecule has 17 heavy (non-hydrogen) atoms. The quantitative estimate of drug-likeness (QED) is 0.593. The normalized spacial score (nSPS) is 14.9. The van der Waals surface area contributed by atoms with Crippen molar-refractivity contribution < 1.29 is 14.8 Å². The van der Waals surface area contributed by atoms with Gasteiger partial charge in [0.25, 0.3) is 5.69 Å². The molecule has 1 heterocycles. The maximum absolute atomic E-state index is 10.9. The number of nitro benzene ring substituents is 1. The maximum Gasteiger partial charge on any atom is 0.407 e. The molecule has 0 radical (unpaired) electrons. The van der Waals surface area contributed by atoms with Gasteiger partial charge in [0.15, 0.2) is 0 Å². The Hall–Kier alpha value is -2.11. The molecule has 0 aliphatic carbocycles. The number of nitrogens with zero attached hydrogens (tertiary/aromatic N) is 2. The minimum atomic E-state index is -0.972. The zero-order chi connectivity index (χ0) is 12.4. The Morgan fingerprint density at radius 2 is 2.06 bits per heavy atom. The summed E-state index contributed by atoms with van der Waals surface area (Å²) < 4.78 is 0. The zero-order valence-corrected chi connectivity index (χ0v) is 9.13. The van der Waals surface area contributed by atoms with Gasteiger partial charge < -0.3 is 10.0 Å². The Bertz CT molecular complexity index is 473. The highest BCUT2D eigenvalue weighted by atomic mass is 16.6. The predicted octanol–water partition coefficient (Wildman–Crippen LogP) is 1.67. The van der Waals surface area contributed by atoms with Gasteiger partial charge in [-0.1, -0.05) is 12.1 Å². The first-order chi connectivity index (χ1) is 8.09. The molecule has 1 aliphatic heterocycles. The van der Waals surface area contributed by atoms with Gasteiger partial charge in [0, 0.05) is 24.7 Å². The first-order valence-corrected chi connectivity index (χ1v) is 5.32. The van der Waals surface area contributed by atoms with E-state index in [1.807, 2.05) is 6.07 Å². The van der Waals surface area contributed by atoms with E-state index in [1.165, 1.54) is 11.0 Å². The van der Waals surface area contributed by atoms with E-state index in [0.717, 1.165) is 5.56 Å². The highest BCUT2D eigenvalue weighted by molar-refractivity contribution is 5.65. The SMILES string of the molecule is O=C(O)N1CCc2cccc([N+](=O)[O-])c2CC1. The summed E-state index contributed by atoms with van der Waals surface area (Å²) in [7, 11) is 0. The third kappa shape index (κ3) is 2.20. The van der Waals surface area contributed by atoms with Gasteiger partial charge in [-0.05, 0) is 18.4 Å². The van der Waals surface area contributed by atoms with Crippen LogP contribution in [-0.4, -0.2) is 34.1 Å². The lowest BCUT2D eigenvalue weighted by molar-refractivity contribution is -0.385. The van der Waals surface area contributed by atoms with Gasteiger partial charge in [0.1, 0.15) is 0 Å². The largest absolute Gasteiger partial charge is 0.465 e. The zero-order valence-electron chi connectivity index (χ0n) is 9.13. The van der Waals surface area contributed by atoms with Crippen LogP contribution in [0.3, 0.4) is 0 Å². The Kier molecular flexibility index (Phi) is 2.95. The number of hydrogen-bond donors (Lipinski definition) is 1. The van der Waals surface area contributed by atoms with Crippen LogP contribution >= 0.6 is 0 Å². The average molecular weight is 236 g/mol. The van der Waals surface area contributed by atoms with Gasteiger partial charge >= 0.3 is 6.09 Å². The summed E-state index contributed by atoms with van der Waals surface area (Å²) in [6, 6.07) is 4.94. The van der Waals surface area contributed by atoms with Crippen LogP contribution in [0.15, 0.2) is 18.2 Å². The van der Waals surface area contributed by atoms with E-state index < -0.39 is 11.0 Å². The third-order valence-electron chi connectivity index (χ3n) is 3.00. The van der Waals surface area contributed by atoms with Gasteiger partial charge in [0.2, 0.25) is 0 Å². The van der Waals surface area contributed by atoms with Crippen LogP contribution in [0.1, 0.15) is 11.1 Å². The molecule has 6 heteroatoms. The first kappa shape index (κ1) is 11.4. The predicted molar refractivity (Wildman–Crippen MR) is 60.1 cm³/mol. The van der Waals surface area contributed by atoms with Crippen molar-refractivity contribution in [3.63, 3.8) is 0 Å². The van der Waals surface area contributed by atoms with Crippen molar-refractivity contribution in [2.24, 2.45) is 0 Å². The van der Waals surface area contributed by atoms with Crippen molar-refractivity contribution >= 4 is 11.8 Å². The minimum absolute atomic E-state index is 0.0924.